The van der Waals surface area contributed by atoms with Gasteiger partial charge in [-0.3, -0.25) is 4.90 Å². The number of aromatic hydroxyl groups is 1. The van der Waals surface area contributed by atoms with Crippen LogP contribution in [0.1, 0.15) is 37.4 Å². The van der Waals surface area contributed by atoms with Crippen LogP contribution >= 0.6 is 0 Å². The highest BCUT2D eigenvalue weighted by Gasteiger charge is 2.28. The van der Waals surface area contributed by atoms with Crippen LogP contribution in [0.25, 0.3) is 0 Å². The SMILES string of the molecule is CCC(C)[C@@H](c1ccc(C)cc1O)N1CCNCC1. The number of aryl methyl sites for hydroxylation is 1. The summed E-state index contributed by atoms with van der Waals surface area (Å²) in [5, 5.41) is 13.7. The molecular weight excluding hydrogens is 236 g/mol. The minimum atomic E-state index is 0.327. The van der Waals surface area contributed by atoms with Gasteiger partial charge in [0.05, 0.1) is 0 Å². The van der Waals surface area contributed by atoms with Gasteiger partial charge < -0.3 is 10.4 Å². The number of nitrogens with one attached hydrogen (secondary N) is 1. The first kappa shape index (κ1) is 14.4. The van der Waals surface area contributed by atoms with E-state index >= 15 is 0 Å². The number of nitrogens with zero attached hydrogens (tertiary/aromatic N) is 1. The molecule has 1 aliphatic rings. The molecule has 0 aliphatic carbocycles. The lowest BCUT2D eigenvalue weighted by Gasteiger charge is -2.38. The van der Waals surface area contributed by atoms with Crippen molar-refractivity contribution in [3.63, 3.8) is 0 Å². The van der Waals surface area contributed by atoms with Crippen LogP contribution in [0.3, 0.4) is 0 Å². The van der Waals surface area contributed by atoms with Crippen molar-refractivity contribution in [2.75, 3.05) is 26.2 Å². The van der Waals surface area contributed by atoms with E-state index in [1.807, 2.05) is 13.0 Å². The number of benzene rings is 1. The predicted octanol–water partition coefficient (Wildman–Crippen LogP) is 2.69. The summed E-state index contributed by atoms with van der Waals surface area (Å²) in [5.41, 5.74) is 2.20. The van der Waals surface area contributed by atoms with Gasteiger partial charge in [0.2, 0.25) is 0 Å². The molecule has 0 aromatic heterocycles. The van der Waals surface area contributed by atoms with Gasteiger partial charge in [-0.15, -0.1) is 0 Å². The Bertz CT molecular complexity index is 413. The largest absolute Gasteiger partial charge is 0.508 e. The molecule has 0 saturated carbocycles. The van der Waals surface area contributed by atoms with Gasteiger partial charge in [0.15, 0.2) is 0 Å². The number of phenols is 1. The maximum Gasteiger partial charge on any atom is 0.120 e. The molecule has 1 aromatic rings. The van der Waals surface area contributed by atoms with E-state index in [4.69, 9.17) is 0 Å². The van der Waals surface area contributed by atoms with Crippen molar-refractivity contribution in [1.29, 1.82) is 0 Å². The molecule has 106 valence electrons. The molecule has 1 unspecified atom stereocenters. The summed E-state index contributed by atoms with van der Waals surface area (Å²) < 4.78 is 0. The summed E-state index contributed by atoms with van der Waals surface area (Å²) in [6, 6.07) is 6.41. The van der Waals surface area contributed by atoms with E-state index in [1.54, 1.807) is 0 Å². The van der Waals surface area contributed by atoms with E-state index in [2.05, 4.69) is 36.2 Å². The van der Waals surface area contributed by atoms with Gasteiger partial charge in [-0.2, -0.15) is 0 Å². The second kappa shape index (κ2) is 6.40. The second-order valence-electron chi connectivity index (χ2n) is 5.68. The smallest absolute Gasteiger partial charge is 0.120 e. The van der Waals surface area contributed by atoms with E-state index in [0.29, 0.717) is 17.7 Å². The number of hydrogen-bond acceptors (Lipinski definition) is 3. The Morgan fingerprint density at radius 2 is 2.00 bits per heavy atom. The van der Waals surface area contributed by atoms with Gasteiger partial charge in [0, 0.05) is 37.8 Å². The first-order valence-electron chi connectivity index (χ1n) is 7.37. The molecule has 3 heteroatoms. The van der Waals surface area contributed by atoms with Gasteiger partial charge in [-0.1, -0.05) is 32.4 Å². The third kappa shape index (κ3) is 3.28. The molecular formula is C16H26N2O. The average molecular weight is 262 g/mol. The predicted molar refractivity (Wildman–Crippen MR) is 79.5 cm³/mol. The molecule has 1 aromatic carbocycles. The normalized spacial score (nSPS) is 20.2. The standard InChI is InChI=1S/C16H26N2O/c1-4-13(3)16(18-9-7-17-8-10-18)14-6-5-12(2)11-15(14)19/h5-6,11,13,16-17,19H,4,7-10H2,1-3H3/t13?,16-/m0/s1. The number of piperazine rings is 1. The summed E-state index contributed by atoms with van der Waals surface area (Å²) in [6.45, 7) is 10.7. The molecule has 1 aliphatic heterocycles. The maximum atomic E-state index is 10.3. The third-order valence-electron chi connectivity index (χ3n) is 4.23. The Hall–Kier alpha value is -1.06. The highest BCUT2D eigenvalue weighted by Crippen LogP contribution is 2.36. The Balaban J connectivity index is 2.30. The van der Waals surface area contributed by atoms with Crippen molar-refractivity contribution >= 4 is 0 Å². The summed E-state index contributed by atoms with van der Waals surface area (Å²) in [6.07, 6.45) is 1.13. The lowest BCUT2D eigenvalue weighted by atomic mass is 9.89. The fraction of sp³-hybridized carbons (Fsp3) is 0.625. The molecule has 2 rings (SSSR count). The van der Waals surface area contributed by atoms with Crippen LogP contribution in [0.4, 0.5) is 0 Å². The van der Waals surface area contributed by atoms with Crippen LogP contribution in [-0.4, -0.2) is 36.2 Å². The van der Waals surface area contributed by atoms with Crippen LogP contribution < -0.4 is 5.32 Å². The lowest BCUT2D eigenvalue weighted by Crippen LogP contribution is -2.46. The number of rotatable bonds is 4. The fourth-order valence-corrected chi connectivity index (χ4v) is 2.95. The zero-order valence-electron chi connectivity index (χ0n) is 12.3. The van der Waals surface area contributed by atoms with Crippen LogP contribution in [0.2, 0.25) is 0 Å². The van der Waals surface area contributed by atoms with E-state index in [9.17, 15) is 5.11 Å². The molecule has 2 atom stereocenters. The van der Waals surface area contributed by atoms with Crippen molar-refractivity contribution in [2.45, 2.75) is 33.2 Å². The molecule has 3 nitrogen and oxygen atoms in total. The zero-order chi connectivity index (χ0) is 13.8. The van der Waals surface area contributed by atoms with E-state index in [0.717, 1.165) is 43.7 Å². The monoisotopic (exact) mass is 262 g/mol. The van der Waals surface area contributed by atoms with Crippen LogP contribution in [-0.2, 0) is 0 Å². The molecule has 0 radical (unpaired) electrons. The molecule has 1 saturated heterocycles. The summed E-state index contributed by atoms with van der Waals surface area (Å²) in [5.74, 6) is 0.996. The molecule has 0 bridgehead atoms. The maximum absolute atomic E-state index is 10.3. The first-order valence-corrected chi connectivity index (χ1v) is 7.37. The van der Waals surface area contributed by atoms with Crippen LogP contribution in [0.5, 0.6) is 5.75 Å². The highest BCUT2D eigenvalue weighted by atomic mass is 16.3. The Kier molecular flexibility index (Phi) is 4.83. The average Bonchev–Trinajstić information content (AvgIpc) is 2.42. The minimum Gasteiger partial charge on any atom is -0.508 e. The van der Waals surface area contributed by atoms with Crippen LogP contribution in [0.15, 0.2) is 18.2 Å². The van der Waals surface area contributed by atoms with Gasteiger partial charge in [-0.25, -0.2) is 0 Å². The highest BCUT2D eigenvalue weighted by molar-refractivity contribution is 5.38. The second-order valence-corrected chi connectivity index (χ2v) is 5.68. The molecule has 2 N–H and O–H groups in total. The summed E-state index contributed by atoms with van der Waals surface area (Å²) >= 11 is 0. The Morgan fingerprint density at radius 3 is 2.58 bits per heavy atom. The van der Waals surface area contributed by atoms with Crippen molar-refractivity contribution < 1.29 is 5.11 Å². The molecule has 1 fully saturated rings. The van der Waals surface area contributed by atoms with Crippen LogP contribution in [0, 0.1) is 12.8 Å². The molecule has 1 heterocycles. The Labute approximate surface area is 116 Å². The summed E-state index contributed by atoms with van der Waals surface area (Å²) in [7, 11) is 0. The van der Waals surface area contributed by atoms with E-state index in [-0.39, 0.29) is 0 Å². The van der Waals surface area contributed by atoms with Gasteiger partial charge in [-0.05, 0) is 24.5 Å². The van der Waals surface area contributed by atoms with Gasteiger partial charge >= 0.3 is 0 Å². The van der Waals surface area contributed by atoms with E-state index < -0.39 is 0 Å². The van der Waals surface area contributed by atoms with Gasteiger partial charge in [0.1, 0.15) is 5.75 Å². The van der Waals surface area contributed by atoms with Gasteiger partial charge in [0.25, 0.3) is 0 Å². The van der Waals surface area contributed by atoms with Crippen molar-refractivity contribution in [3.05, 3.63) is 29.3 Å². The zero-order valence-corrected chi connectivity index (χ0v) is 12.3. The first-order chi connectivity index (χ1) is 9.13. The topological polar surface area (TPSA) is 35.5 Å². The molecule has 19 heavy (non-hydrogen) atoms. The van der Waals surface area contributed by atoms with Crippen molar-refractivity contribution in [2.24, 2.45) is 5.92 Å². The quantitative estimate of drug-likeness (QED) is 0.876. The summed E-state index contributed by atoms with van der Waals surface area (Å²) in [4.78, 5) is 2.51. The molecule has 0 amide bonds. The lowest BCUT2D eigenvalue weighted by molar-refractivity contribution is 0.126. The Morgan fingerprint density at radius 1 is 1.32 bits per heavy atom. The molecule has 0 spiro atoms. The minimum absolute atomic E-state index is 0.327. The number of phenolic OH excluding ortho intramolecular Hbond substituents is 1. The van der Waals surface area contributed by atoms with Crippen molar-refractivity contribution in [3.8, 4) is 5.75 Å². The van der Waals surface area contributed by atoms with E-state index in [1.165, 1.54) is 0 Å². The number of hydrogen-bond donors (Lipinski definition) is 2. The fourth-order valence-electron chi connectivity index (χ4n) is 2.95. The van der Waals surface area contributed by atoms with Crippen molar-refractivity contribution in [1.82, 2.24) is 10.2 Å². The third-order valence-corrected chi connectivity index (χ3v) is 4.23.